The average Bonchev–Trinajstić information content (AvgIpc) is 2.57. The summed E-state index contributed by atoms with van der Waals surface area (Å²) in [7, 11) is 0. The molecule has 0 spiro atoms. The molecule has 0 aliphatic carbocycles. The lowest BCUT2D eigenvalue weighted by Crippen LogP contribution is -2.56. The average molecular weight is 317 g/mol. The van der Waals surface area contributed by atoms with Crippen molar-refractivity contribution in [1.82, 2.24) is 14.9 Å². The number of hydrogen-bond acceptors (Lipinski definition) is 4. The van der Waals surface area contributed by atoms with E-state index in [-0.39, 0.29) is 6.54 Å². The maximum absolute atomic E-state index is 10.8. The fourth-order valence-corrected chi connectivity index (χ4v) is 3.72. The quantitative estimate of drug-likeness (QED) is 0.893. The van der Waals surface area contributed by atoms with Gasteiger partial charge in [0.25, 0.3) is 0 Å². The van der Waals surface area contributed by atoms with E-state index in [0.717, 1.165) is 45.2 Å². The Bertz CT molecular complexity index is 492. The highest BCUT2D eigenvalue weighted by molar-refractivity contribution is 5.69. The maximum atomic E-state index is 10.8. The van der Waals surface area contributed by atoms with Gasteiger partial charge in [-0.3, -0.25) is 9.69 Å². The number of rotatable bonds is 5. The van der Waals surface area contributed by atoms with Crippen molar-refractivity contribution < 1.29 is 9.90 Å². The minimum absolute atomic E-state index is 0.174. The molecule has 5 heteroatoms. The van der Waals surface area contributed by atoms with Gasteiger partial charge in [-0.05, 0) is 30.7 Å². The highest BCUT2D eigenvalue weighted by Crippen LogP contribution is 2.23. The van der Waals surface area contributed by atoms with E-state index in [2.05, 4.69) is 40.3 Å². The zero-order valence-corrected chi connectivity index (χ0v) is 13.7. The van der Waals surface area contributed by atoms with Crippen LogP contribution in [-0.2, 0) is 11.2 Å². The SMILES string of the molecule is O=C(O)CN1CCN(N2CCC(Cc3ccccc3)CC2)CC1. The van der Waals surface area contributed by atoms with Crippen LogP contribution in [0, 0.1) is 5.92 Å². The summed E-state index contributed by atoms with van der Waals surface area (Å²) in [5, 5.41) is 13.8. The molecule has 0 atom stereocenters. The molecule has 2 aliphatic heterocycles. The van der Waals surface area contributed by atoms with E-state index in [1.54, 1.807) is 0 Å². The zero-order chi connectivity index (χ0) is 16.1. The Kier molecular flexibility index (Phi) is 5.65. The van der Waals surface area contributed by atoms with Crippen molar-refractivity contribution >= 4 is 5.97 Å². The third-order valence-corrected chi connectivity index (χ3v) is 5.07. The third-order valence-electron chi connectivity index (χ3n) is 5.07. The number of carboxylic acid groups (broad SMARTS) is 1. The first-order chi connectivity index (χ1) is 11.2. The summed E-state index contributed by atoms with van der Waals surface area (Å²) in [6, 6.07) is 10.8. The predicted molar refractivity (Wildman–Crippen MR) is 90.1 cm³/mol. The Balaban J connectivity index is 1.40. The number of carboxylic acids is 1. The summed E-state index contributed by atoms with van der Waals surface area (Å²) in [6.45, 7) is 6.07. The second-order valence-corrected chi connectivity index (χ2v) is 6.71. The van der Waals surface area contributed by atoms with E-state index in [1.807, 2.05) is 4.90 Å². The predicted octanol–water partition coefficient (Wildman–Crippen LogP) is 1.56. The molecule has 1 aromatic rings. The topological polar surface area (TPSA) is 47.0 Å². The number of aliphatic carboxylic acids is 1. The highest BCUT2D eigenvalue weighted by Gasteiger charge is 2.26. The van der Waals surface area contributed by atoms with Gasteiger partial charge in [-0.1, -0.05) is 30.3 Å². The van der Waals surface area contributed by atoms with Gasteiger partial charge in [0.15, 0.2) is 0 Å². The number of carbonyl (C=O) groups is 1. The van der Waals surface area contributed by atoms with Crippen LogP contribution in [0.4, 0.5) is 0 Å². The Labute approximate surface area is 138 Å². The van der Waals surface area contributed by atoms with Crippen molar-refractivity contribution in [2.45, 2.75) is 19.3 Å². The summed E-state index contributed by atoms with van der Waals surface area (Å²) >= 11 is 0. The van der Waals surface area contributed by atoms with Crippen LogP contribution in [0.3, 0.4) is 0 Å². The molecular formula is C18H27N3O2. The van der Waals surface area contributed by atoms with Crippen LogP contribution < -0.4 is 0 Å². The van der Waals surface area contributed by atoms with Gasteiger partial charge in [-0.15, -0.1) is 0 Å². The summed E-state index contributed by atoms with van der Waals surface area (Å²) in [6.07, 6.45) is 3.70. The zero-order valence-electron chi connectivity index (χ0n) is 13.7. The molecule has 0 saturated carbocycles. The van der Waals surface area contributed by atoms with Crippen LogP contribution in [-0.4, -0.2) is 71.8 Å². The van der Waals surface area contributed by atoms with Crippen LogP contribution in [0.25, 0.3) is 0 Å². The number of piperazine rings is 1. The van der Waals surface area contributed by atoms with E-state index < -0.39 is 5.97 Å². The fourth-order valence-electron chi connectivity index (χ4n) is 3.72. The first kappa shape index (κ1) is 16.4. The first-order valence-corrected chi connectivity index (χ1v) is 8.68. The summed E-state index contributed by atoms with van der Waals surface area (Å²) < 4.78 is 0. The van der Waals surface area contributed by atoms with E-state index in [9.17, 15) is 4.79 Å². The Hall–Kier alpha value is -1.43. The van der Waals surface area contributed by atoms with E-state index in [4.69, 9.17) is 5.11 Å². The summed E-state index contributed by atoms with van der Waals surface area (Å²) in [5.41, 5.74) is 1.45. The molecule has 126 valence electrons. The smallest absolute Gasteiger partial charge is 0.317 e. The molecule has 0 radical (unpaired) electrons. The molecule has 23 heavy (non-hydrogen) atoms. The molecule has 0 unspecified atom stereocenters. The minimum atomic E-state index is -0.722. The fraction of sp³-hybridized carbons (Fsp3) is 0.611. The van der Waals surface area contributed by atoms with Gasteiger partial charge >= 0.3 is 5.97 Å². The van der Waals surface area contributed by atoms with Crippen molar-refractivity contribution in [3.05, 3.63) is 35.9 Å². The van der Waals surface area contributed by atoms with Crippen LogP contribution in [0.5, 0.6) is 0 Å². The monoisotopic (exact) mass is 317 g/mol. The van der Waals surface area contributed by atoms with Crippen molar-refractivity contribution in [2.75, 3.05) is 45.8 Å². The van der Waals surface area contributed by atoms with Crippen LogP contribution in [0.1, 0.15) is 18.4 Å². The van der Waals surface area contributed by atoms with E-state index >= 15 is 0 Å². The Morgan fingerprint density at radius 1 is 0.957 bits per heavy atom. The van der Waals surface area contributed by atoms with Gasteiger partial charge in [0.05, 0.1) is 6.54 Å². The molecule has 2 heterocycles. The second-order valence-electron chi connectivity index (χ2n) is 6.71. The van der Waals surface area contributed by atoms with Gasteiger partial charge in [0.2, 0.25) is 0 Å². The molecule has 0 aromatic heterocycles. The van der Waals surface area contributed by atoms with Gasteiger partial charge in [-0.25, -0.2) is 10.0 Å². The molecule has 0 amide bonds. The number of nitrogens with zero attached hydrogens (tertiary/aromatic N) is 3. The first-order valence-electron chi connectivity index (χ1n) is 8.68. The maximum Gasteiger partial charge on any atom is 0.317 e. The lowest BCUT2D eigenvalue weighted by atomic mass is 9.91. The van der Waals surface area contributed by atoms with E-state index in [0.29, 0.717) is 0 Å². The largest absolute Gasteiger partial charge is 0.480 e. The second kappa shape index (κ2) is 7.90. The van der Waals surface area contributed by atoms with Crippen molar-refractivity contribution in [3.8, 4) is 0 Å². The Morgan fingerprint density at radius 2 is 1.57 bits per heavy atom. The molecule has 2 fully saturated rings. The highest BCUT2D eigenvalue weighted by atomic mass is 16.4. The van der Waals surface area contributed by atoms with Crippen molar-refractivity contribution in [2.24, 2.45) is 5.92 Å². The number of piperidine rings is 1. The molecule has 5 nitrogen and oxygen atoms in total. The van der Waals surface area contributed by atoms with Crippen LogP contribution in [0.2, 0.25) is 0 Å². The minimum Gasteiger partial charge on any atom is -0.480 e. The van der Waals surface area contributed by atoms with Crippen molar-refractivity contribution in [1.29, 1.82) is 0 Å². The number of benzene rings is 1. The standard InChI is InChI=1S/C18H27N3O2/c22-18(23)15-19-10-12-21(13-11-19)20-8-6-17(7-9-20)14-16-4-2-1-3-5-16/h1-5,17H,6-15H2,(H,22,23). The van der Waals surface area contributed by atoms with Gasteiger partial charge < -0.3 is 5.11 Å². The van der Waals surface area contributed by atoms with Gasteiger partial charge in [0, 0.05) is 39.3 Å². The van der Waals surface area contributed by atoms with Crippen LogP contribution >= 0.6 is 0 Å². The molecule has 1 aromatic carbocycles. The molecule has 2 aliphatic rings. The lowest BCUT2D eigenvalue weighted by Gasteiger charge is -2.43. The molecular weight excluding hydrogens is 290 g/mol. The molecule has 1 N–H and O–H groups in total. The van der Waals surface area contributed by atoms with Gasteiger partial charge in [-0.2, -0.15) is 0 Å². The van der Waals surface area contributed by atoms with Gasteiger partial charge in [0.1, 0.15) is 0 Å². The molecule has 3 rings (SSSR count). The third kappa shape index (κ3) is 4.77. The summed E-state index contributed by atoms with van der Waals surface area (Å²) in [5.74, 6) is 0.0714. The van der Waals surface area contributed by atoms with Crippen molar-refractivity contribution in [3.63, 3.8) is 0 Å². The lowest BCUT2D eigenvalue weighted by molar-refractivity contribution is -0.140. The number of hydrazine groups is 1. The van der Waals surface area contributed by atoms with Crippen LogP contribution in [0.15, 0.2) is 30.3 Å². The Morgan fingerprint density at radius 3 is 2.17 bits per heavy atom. The molecule has 0 bridgehead atoms. The molecule has 2 saturated heterocycles. The normalized spacial score (nSPS) is 22.3. The van der Waals surface area contributed by atoms with E-state index in [1.165, 1.54) is 24.8 Å². The number of hydrogen-bond donors (Lipinski definition) is 1. The summed E-state index contributed by atoms with van der Waals surface area (Å²) in [4.78, 5) is 12.8.